The van der Waals surface area contributed by atoms with E-state index in [1.54, 1.807) is 37.4 Å². The highest BCUT2D eigenvalue weighted by molar-refractivity contribution is 7.99. The van der Waals surface area contributed by atoms with Crippen molar-refractivity contribution in [1.29, 1.82) is 5.26 Å². The van der Waals surface area contributed by atoms with Crippen molar-refractivity contribution in [3.8, 4) is 6.07 Å². The van der Waals surface area contributed by atoms with Crippen LogP contribution in [-0.2, 0) is 4.74 Å². The number of rotatable bonds is 6. The summed E-state index contributed by atoms with van der Waals surface area (Å²) >= 11 is 4.25. The average Bonchev–Trinajstić information content (AvgIpc) is 2.75. The molecule has 0 spiro atoms. The molecule has 0 atom stereocenters. The number of nitriles is 1. The van der Waals surface area contributed by atoms with E-state index in [0.29, 0.717) is 21.3 Å². The molecule has 0 aliphatic heterocycles. The SMILES string of the molecule is CSCC(CSC)OC(=O)NC(=O)c1sc(C#N)c(C)c1C. The van der Waals surface area contributed by atoms with Crippen LogP contribution >= 0.6 is 34.9 Å². The van der Waals surface area contributed by atoms with E-state index in [4.69, 9.17) is 10.00 Å². The first-order valence-corrected chi connectivity index (χ1v) is 10.0. The Morgan fingerprint density at radius 1 is 1.27 bits per heavy atom. The molecule has 0 aliphatic carbocycles. The first-order valence-electron chi connectivity index (χ1n) is 6.44. The van der Waals surface area contributed by atoms with Crippen molar-refractivity contribution >= 4 is 46.9 Å². The first-order chi connectivity index (χ1) is 10.4. The molecule has 5 nitrogen and oxygen atoms in total. The van der Waals surface area contributed by atoms with Crippen molar-refractivity contribution in [3.05, 3.63) is 20.9 Å². The lowest BCUT2D eigenvalue weighted by atomic mass is 10.1. The standard InChI is InChI=1S/C14H18N2O3S3/c1-8-9(2)12(22-11(8)5-15)13(17)16-14(18)19-10(6-20-3)7-21-4/h10H,6-7H2,1-4H3,(H,16,17,18). The zero-order chi connectivity index (χ0) is 16.7. The summed E-state index contributed by atoms with van der Waals surface area (Å²) in [7, 11) is 0. The van der Waals surface area contributed by atoms with E-state index in [0.717, 1.165) is 22.5 Å². The van der Waals surface area contributed by atoms with Crippen molar-refractivity contribution in [2.75, 3.05) is 24.0 Å². The fourth-order valence-corrected chi connectivity index (χ4v) is 4.01. The number of thiophene rings is 1. The minimum Gasteiger partial charge on any atom is -0.444 e. The molecule has 0 aliphatic rings. The van der Waals surface area contributed by atoms with Gasteiger partial charge in [0.1, 0.15) is 17.1 Å². The molecule has 0 bridgehead atoms. The maximum atomic E-state index is 12.1. The molecule has 1 heterocycles. The van der Waals surface area contributed by atoms with Gasteiger partial charge in [0.05, 0.1) is 4.88 Å². The van der Waals surface area contributed by atoms with E-state index in [9.17, 15) is 9.59 Å². The molecule has 1 N–H and O–H groups in total. The molecule has 2 amide bonds. The molecule has 0 saturated carbocycles. The third kappa shape index (κ3) is 4.93. The van der Waals surface area contributed by atoms with Crippen LogP contribution in [0.2, 0.25) is 0 Å². The molecule has 0 aromatic carbocycles. The quantitative estimate of drug-likeness (QED) is 0.841. The van der Waals surface area contributed by atoms with E-state index in [2.05, 4.69) is 5.32 Å². The molecular weight excluding hydrogens is 340 g/mol. The predicted octanol–water partition coefficient (Wildman–Crippen LogP) is 3.20. The number of hydrogen-bond acceptors (Lipinski definition) is 7. The molecule has 1 aromatic heterocycles. The van der Waals surface area contributed by atoms with E-state index in [1.165, 1.54) is 0 Å². The summed E-state index contributed by atoms with van der Waals surface area (Å²) in [4.78, 5) is 24.8. The average molecular weight is 359 g/mol. The lowest BCUT2D eigenvalue weighted by Crippen LogP contribution is -2.35. The van der Waals surface area contributed by atoms with Crippen LogP contribution in [0.15, 0.2) is 0 Å². The second-order valence-electron chi connectivity index (χ2n) is 4.51. The highest BCUT2D eigenvalue weighted by atomic mass is 32.2. The Morgan fingerprint density at radius 3 is 2.32 bits per heavy atom. The number of nitrogens with zero attached hydrogens (tertiary/aromatic N) is 1. The van der Waals surface area contributed by atoms with Gasteiger partial charge in [0.2, 0.25) is 0 Å². The Labute approximate surface area is 142 Å². The number of carbonyl (C=O) groups is 2. The molecular formula is C14H18N2O3S3. The second-order valence-corrected chi connectivity index (χ2v) is 7.36. The van der Waals surface area contributed by atoms with Gasteiger partial charge < -0.3 is 4.74 Å². The topological polar surface area (TPSA) is 79.2 Å². The van der Waals surface area contributed by atoms with Crippen molar-refractivity contribution in [2.24, 2.45) is 0 Å². The van der Waals surface area contributed by atoms with Gasteiger partial charge >= 0.3 is 6.09 Å². The zero-order valence-corrected chi connectivity index (χ0v) is 15.3. The normalized spacial score (nSPS) is 10.4. The Kier molecular flexibility index (Phi) is 7.79. The summed E-state index contributed by atoms with van der Waals surface area (Å²) < 4.78 is 5.25. The fourth-order valence-electron chi connectivity index (χ4n) is 1.74. The van der Waals surface area contributed by atoms with E-state index in [1.807, 2.05) is 18.6 Å². The van der Waals surface area contributed by atoms with Gasteiger partial charge in [0, 0.05) is 11.5 Å². The monoisotopic (exact) mass is 358 g/mol. The summed E-state index contributed by atoms with van der Waals surface area (Å²) in [6.07, 6.45) is 2.88. The molecule has 22 heavy (non-hydrogen) atoms. The van der Waals surface area contributed by atoms with E-state index >= 15 is 0 Å². The van der Waals surface area contributed by atoms with E-state index < -0.39 is 12.0 Å². The zero-order valence-electron chi connectivity index (χ0n) is 12.9. The van der Waals surface area contributed by atoms with Gasteiger partial charge in [-0.1, -0.05) is 0 Å². The molecule has 0 saturated heterocycles. The summed E-state index contributed by atoms with van der Waals surface area (Å²) in [5, 5.41) is 11.2. The molecule has 120 valence electrons. The molecule has 1 aromatic rings. The van der Waals surface area contributed by atoms with Crippen molar-refractivity contribution in [1.82, 2.24) is 5.32 Å². The number of thioether (sulfide) groups is 2. The maximum Gasteiger partial charge on any atom is 0.414 e. The van der Waals surface area contributed by atoms with Crippen LogP contribution in [0, 0.1) is 25.2 Å². The van der Waals surface area contributed by atoms with Gasteiger partial charge in [-0.2, -0.15) is 28.8 Å². The van der Waals surface area contributed by atoms with Crippen LogP contribution in [0.3, 0.4) is 0 Å². The van der Waals surface area contributed by atoms with Crippen LogP contribution < -0.4 is 5.32 Å². The van der Waals surface area contributed by atoms with Crippen LogP contribution in [0.1, 0.15) is 25.7 Å². The van der Waals surface area contributed by atoms with Crippen LogP contribution in [0.5, 0.6) is 0 Å². The van der Waals surface area contributed by atoms with Crippen molar-refractivity contribution < 1.29 is 14.3 Å². The summed E-state index contributed by atoms with van der Waals surface area (Å²) in [6.45, 7) is 3.55. The van der Waals surface area contributed by atoms with Crippen molar-refractivity contribution in [2.45, 2.75) is 20.0 Å². The minimum atomic E-state index is -0.748. The highest BCUT2D eigenvalue weighted by Crippen LogP contribution is 2.26. The molecule has 0 unspecified atom stereocenters. The van der Waals surface area contributed by atoms with E-state index in [-0.39, 0.29) is 6.10 Å². The van der Waals surface area contributed by atoms with Crippen LogP contribution in [-0.4, -0.2) is 42.1 Å². The Bertz CT molecular complexity index is 587. The first kappa shape index (κ1) is 18.9. The Hall–Kier alpha value is -1.17. The fraction of sp³-hybridized carbons (Fsp3) is 0.500. The lowest BCUT2D eigenvalue weighted by molar-refractivity contribution is 0.0887. The second kappa shape index (κ2) is 9.08. The summed E-state index contributed by atoms with van der Waals surface area (Å²) in [6, 6.07) is 2.05. The van der Waals surface area contributed by atoms with Gasteiger partial charge in [-0.05, 0) is 37.5 Å². The largest absolute Gasteiger partial charge is 0.444 e. The number of ether oxygens (including phenoxy) is 1. The molecule has 0 radical (unpaired) electrons. The van der Waals surface area contributed by atoms with Gasteiger partial charge in [-0.3, -0.25) is 10.1 Å². The van der Waals surface area contributed by atoms with Gasteiger partial charge in [0.25, 0.3) is 5.91 Å². The third-order valence-electron chi connectivity index (χ3n) is 2.95. The maximum absolute atomic E-state index is 12.1. The summed E-state index contributed by atoms with van der Waals surface area (Å²) in [5.41, 5.74) is 1.49. The number of amides is 2. The van der Waals surface area contributed by atoms with Crippen molar-refractivity contribution in [3.63, 3.8) is 0 Å². The smallest absolute Gasteiger partial charge is 0.414 e. The number of carbonyl (C=O) groups excluding carboxylic acids is 2. The molecule has 1 rings (SSSR count). The van der Waals surface area contributed by atoms with Gasteiger partial charge in [0.15, 0.2) is 0 Å². The number of imide groups is 1. The number of hydrogen-bond donors (Lipinski definition) is 1. The Morgan fingerprint density at radius 2 is 1.86 bits per heavy atom. The number of nitrogens with one attached hydrogen (secondary N) is 1. The highest BCUT2D eigenvalue weighted by Gasteiger charge is 2.21. The molecule has 0 fully saturated rings. The number of alkyl carbamates (subject to hydrolysis) is 1. The Balaban J connectivity index is 2.72. The minimum absolute atomic E-state index is 0.237. The third-order valence-corrected chi connectivity index (χ3v) is 5.66. The predicted molar refractivity (Wildman–Crippen MR) is 93.0 cm³/mol. The van der Waals surface area contributed by atoms with Gasteiger partial charge in [-0.25, -0.2) is 4.79 Å². The molecule has 8 heteroatoms. The van der Waals surface area contributed by atoms with Crippen LogP contribution in [0.4, 0.5) is 4.79 Å². The van der Waals surface area contributed by atoms with Gasteiger partial charge in [-0.15, -0.1) is 11.3 Å². The summed E-state index contributed by atoms with van der Waals surface area (Å²) in [5.74, 6) is 0.834. The van der Waals surface area contributed by atoms with Crippen LogP contribution in [0.25, 0.3) is 0 Å². The lowest BCUT2D eigenvalue weighted by Gasteiger charge is -2.15.